The van der Waals surface area contributed by atoms with Gasteiger partial charge in [-0.15, -0.1) is 11.3 Å². The highest BCUT2D eigenvalue weighted by Gasteiger charge is 2.51. The molecule has 0 saturated carbocycles. The molecule has 4 rings (SSSR count). The smallest absolute Gasteiger partial charge is 0.255 e. The number of fused-ring (bicyclic) bond motifs is 3. The lowest BCUT2D eigenvalue weighted by molar-refractivity contribution is 0.0310. The number of hydrogen-bond donors (Lipinski definition) is 0. The minimum Gasteiger partial charge on any atom is -0.377 e. The summed E-state index contributed by atoms with van der Waals surface area (Å²) in [6.45, 7) is 2.29. The van der Waals surface area contributed by atoms with E-state index in [1.807, 2.05) is 24.3 Å². The first-order valence-electron chi connectivity index (χ1n) is 8.94. The molecule has 3 heterocycles. The zero-order valence-electron chi connectivity index (χ0n) is 14.2. The van der Waals surface area contributed by atoms with Gasteiger partial charge in [-0.1, -0.05) is 30.3 Å². The van der Waals surface area contributed by atoms with Gasteiger partial charge in [0.15, 0.2) is 0 Å². The van der Waals surface area contributed by atoms with Gasteiger partial charge >= 0.3 is 0 Å². The molecule has 132 valence electrons. The summed E-state index contributed by atoms with van der Waals surface area (Å²) in [6.07, 6.45) is 5.37. The summed E-state index contributed by atoms with van der Waals surface area (Å²) in [5.74, 6) is 0.224. The molecule has 1 aromatic heterocycles. The standard InChI is InChI=1S/C20H22BrNO2S/c21-17-13-16-18(25-17)20(9-4-5-11-22(20)19(16)23)10-6-12-24-14-15-7-2-1-3-8-15/h1-3,7-8,13H,4-6,9-12,14H2. The molecule has 25 heavy (non-hydrogen) atoms. The molecule has 2 aliphatic rings. The summed E-state index contributed by atoms with van der Waals surface area (Å²) in [7, 11) is 0. The van der Waals surface area contributed by atoms with Gasteiger partial charge < -0.3 is 9.64 Å². The van der Waals surface area contributed by atoms with Crippen LogP contribution in [0.1, 0.15) is 52.9 Å². The lowest BCUT2D eigenvalue weighted by Crippen LogP contribution is -2.47. The largest absolute Gasteiger partial charge is 0.377 e. The van der Waals surface area contributed by atoms with Crippen LogP contribution in [-0.2, 0) is 16.9 Å². The Bertz CT molecular complexity index is 760. The summed E-state index contributed by atoms with van der Waals surface area (Å²) >= 11 is 5.31. The molecule has 1 amide bonds. The van der Waals surface area contributed by atoms with Crippen molar-refractivity contribution in [1.29, 1.82) is 0 Å². The van der Waals surface area contributed by atoms with Crippen molar-refractivity contribution in [3.05, 3.63) is 56.2 Å². The molecular weight excluding hydrogens is 398 g/mol. The maximum Gasteiger partial charge on any atom is 0.255 e. The van der Waals surface area contributed by atoms with Crippen LogP contribution in [0.25, 0.3) is 0 Å². The van der Waals surface area contributed by atoms with Crippen LogP contribution >= 0.6 is 27.3 Å². The van der Waals surface area contributed by atoms with E-state index in [0.29, 0.717) is 6.61 Å². The van der Waals surface area contributed by atoms with Crippen molar-refractivity contribution in [2.75, 3.05) is 13.2 Å². The van der Waals surface area contributed by atoms with Crippen LogP contribution < -0.4 is 0 Å². The molecule has 0 N–H and O–H groups in total. The molecule has 1 aromatic carbocycles. The van der Waals surface area contributed by atoms with Gasteiger partial charge in [-0.3, -0.25) is 4.79 Å². The average Bonchev–Trinajstić information content (AvgIpc) is 3.13. The van der Waals surface area contributed by atoms with Crippen LogP contribution in [0.3, 0.4) is 0 Å². The van der Waals surface area contributed by atoms with Crippen molar-refractivity contribution in [2.45, 2.75) is 44.2 Å². The molecule has 1 saturated heterocycles. The highest BCUT2D eigenvalue weighted by molar-refractivity contribution is 9.11. The third-order valence-electron chi connectivity index (χ3n) is 5.33. The lowest BCUT2D eigenvalue weighted by atomic mass is 9.83. The Hall–Kier alpha value is -1.17. The van der Waals surface area contributed by atoms with E-state index in [1.165, 1.54) is 16.9 Å². The Morgan fingerprint density at radius 1 is 1.24 bits per heavy atom. The lowest BCUT2D eigenvalue weighted by Gasteiger charge is -2.42. The monoisotopic (exact) mass is 419 g/mol. The van der Waals surface area contributed by atoms with Crippen molar-refractivity contribution in [2.24, 2.45) is 0 Å². The zero-order valence-corrected chi connectivity index (χ0v) is 16.6. The molecule has 0 bridgehead atoms. The number of halogens is 1. The van der Waals surface area contributed by atoms with Gasteiger partial charge in [-0.25, -0.2) is 0 Å². The van der Waals surface area contributed by atoms with Crippen LogP contribution in [-0.4, -0.2) is 24.0 Å². The Labute approximate surface area is 161 Å². The summed E-state index contributed by atoms with van der Waals surface area (Å²) in [5, 5.41) is 0. The third-order valence-corrected chi connectivity index (χ3v) is 7.16. The average molecular weight is 420 g/mol. The van der Waals surface area contributed by atoms with Crippen molar-refractivity contribution in [3.8, 4) is 0 Å². The maximum atomic E-state index is 12.8. The summed E-state index contributed by atoms with van der Waals surface area (Å²) < 4.78 is 6.93. The molecule has 0 spiro atoms. The molecule has 1 fully saturated rings. The molecule has 2 aliphatic heterocycles. The van der Waals surface area contributed by atoms with E-state index in [0.717, 1.165) is 48.2 Å². The van der Waals surface area contributed by atoms with E-state index < -0.39 is 0 Å². The minimum atomic E-state index is -0.0859. The highest BCUT2D eigenvalue weighted by atomic mass is 79.9. The van der Waals surface area contributed by atoms with Crippen LogP contribution in [0.4, 0.5) is 0 Å². The van der Waals surface area contributed by atoms with E-state index in [1.54, 1.807) is 11.3 Å². The second-order valence-electron chi connectivity index (χ2n) is 6.88. The van der Waals surface area contributed by atoms with Crippen LogP contribution in [0.2, 0.25) is 0 Å². The van der Waals surface area contributed by atoms with Gasteiger partial charge in [0.05, 0.1) is 21.5 Å². The molecule has 0 aliphatic carbocycles. The van der Waals surface area contributed by atoms with Crippen molar-refractivity contribution in [3.63, 3.8) is 0 Å². The Balaban J connectivity index is 1.41. The van der Waals surface area contributed by atoms with E-state index >= 15 is 0 Å². The Morgan fingerprint density at radius 3 is 2.92 bits per heavy atom. The number of ether oxygens (including phenoxy) is 1. The molecule has 5 heteroatoms. The van der Waals surface area contributed by atoms with Crippen molar-refractivity contribution in [1.82, 2.24) is 4.90 Å². The van der Waals surface area contributed by atoms with Crippen molar-refractivity contribution < 1.29 is 9.53 Å². The first-order chi connectivity index (χ1) is 12.2. The minimum absolute atomic E-state index is 0.0859. The van der Waals surface area contributed by atoms with Crippen molar-refractivity contribution >= 4 is 33.2 Å². The van der Waals surface area contributed by atoms with E-state index in [2.05, 4.69) is 33.0 Å². The molecule has 3 nitrogen and oxygen atoms in total. The number of rotatable bonds is 6. The topological polar surface area (TPSA) is 29.5 Å². The third kappa shape index (κ3) is 3.18. The highest BCUT2D eigenvalue weighted by Crippen LogP contribution is 2.52. The summed E-state index contributed by atoms with van der Waals surface area (Å²) in [6, 6.07) is 12.3. The predicted octanol–water partition coefficient (Wildman–Crippen LogP) is 5.34. The number of amides is 1. The normalized spacial score (nSPS) is 22.1. The predicted molar refractivity (Wildman–Crippen MR) is 104 cm³/mol. The quantitative estimate of drug-likeness (QED) is 0.591. The number of carbonyl (C=O) groups is 1. The second kappa shape index (κ2) is 7.22. The van der Waals surface area contributed by atoms with Crippen LogP contribution in [0, 0.1) is 0 Å². The fourth-order valence-electron chi connectivity index (χ4n) is 4.18. The fourth-order valence-corrected chi connectivity index (χ4v) is 6.03. The molecule has 2 aromatic rings. The number of benzene rings is 1. The SMILES string of the molecule is O=C1c2cc(Br)sc2C2(CCCOCc3ccccc3)CCCCN12. The van der Waals surface area contributed by atoms with E-state index in [4.69, 9.17) is 4.74 Å². The number of piperidine rings is 1. The molecule has 1 atom stereocenters. The Morgan fingerprint density at radius 2 is 2.08 bits per heavy atom. The molecule has 1 unspecified atom stereocenters. The zero-order chi connectivity index (χ0) is 17.3. The Kier molecular flexibility index (Phi) is 4.98. The van der Waals surface area contributed by atoms with Gasteiger partial charge in [-0.2, -0.15) is 0 Å². The molecular formula is C20H22BrNO2S. The number of hydrogen-bond acceptors (Lipinski definition) is 3. The van der Waals surface area contributed by atoms with Gasteiger partial charge in [0.2, 0.25) is 0 Å². The van der Waals surface area contributed by atoms with Gasteiger partial charge in [0.1, 0.15) is 0 Å². The fraction of sp³-hybridized carbons (Fsp3) is 0.450. The first kappa shape index (κ1) is 17.3. The van der Waals surface area contributed by atoms with Crippen LogP contribution in [0.15, 0.2) is 40.2 Å². The van der Waals surface area contributed by atoms with Gasteiger partial charge in [0, 0.05) is 18.0 Å². The second-order valence-corrected chi connectivity index (χ2v) is 9.31. The first-order valence-corrected chi connectivity index (χ1v) is 10.6. The summed E-state index contributed by atoms with van der Waals surface area (Å²) in [4.78, 5) is 16.2. The number of nitrogens with zero attached hydrogens (tertiary/aromatic N) is 1. The molecule has 0 radical (unpaired) electrons. The maximum absolute atomic E-state index is 12.8. The van der Waals surface area contributed by atoms with Crippen LogP contribution in [0.5, 0.6) is 0 Å². The summed E-state index contributed by atoms with van der Waals surface area (Å²) in [5.41, 5.74) is 2.04. The van der Waals surface area contributed by atoms with Gasteiger partial charge in [-0.05, 0) is 59.7 Å². The van der Waals surface area contributed by atoms with Gasteiger partial charge in [0.25, 0.3) is 5.91 Å². The van der Waals surface area contributed by atoms with E-state index in [-0.39, 0.29) is 11.4 Å². The van der Waals surface area contributed by atoms with E-state index in [9.17, 15) is 4.79 Å². The number of thiophene rings is 1. The number of carbonyl (C=O) groups excluding carboxylic acids is 1.